The van der Waals surface area contributed by atoms with Crippen LogP contribution < -0.4 is 5.32 Å². The van der Waals surface area contributed by atoms with Gasteiger partial charge in [0.05, 0.1) is 0 Å². The number of nitrogens with one attached hydrogen (secondary N) is 1. The van der Waals surface area contributed by atoms with Gasteiger partial charge in [0, 0.05) is 13.0 Å². The minimum Gasteiger partial charge on any atom is -0.356 e. The van der Waals surface area contributed by atoms with Gasteiger partial charge < -0.3 is 5.32 Å². The fourth-order valence-corrected chi connectivity index (χ4v) is 1.89. The van der Waals surface area contributed by atoms with Crippen molar-refractivity contribution < 1.29 is 4.79 Å². The highest BCUT2D eigenvalue weighted by Gasteiger charge is 2.27. The number of hydrogen-bond donors (Lipinski definition) is 1. The van der Waals surface area contributed by atoms with Crippen LogP contribution in [0.2, 0.25) is 0 Å². The first-order valence-electron chi connectivity index (χ1n) is 4.80. The number of rotatable bonds is 1. The van der Waals surface area contributed by atoms with Gasteiger partial charge in [0.1, 0.15) is 0 Å². The second-order valence-corrected chi connectivity index (χ2v) is 4.62. The van der Waals surface area contributed by atoms with Gasteiger partial charge in [-0.25, -0.2) is 0 Å². The largest absolute Gasteiger partial charge is 0.356 e. The molecule has 0 aromatic heterocycles. The van der Waals surface area contributed by atoms with Crippen molar-refractivity contribution in [2.45, 2.75) is 40.0 Å². The molecule has 0 bridgehead atoms. The van der Waals surface area contributed by atoms with Crippen molar-refractivity contribution in [3.63, 3.8) is 0 Å². The maximum Gasteiger partial charge on any atom is 0.220 e. The zero-order valence-electron chi connectivity index (χ0n) is 8.31. The van der Waals surface area contributed by atoms with Crippen molar-refractivity contribution in [1.29, 1.82) is 0 Å². The Kier molecular flexibility index (Phi) is 2.76. The van der Waals surface area contributed by atoms with E-state index in [0.717, 1.165) is 19.4 Å². The van der Waals surface area contributed by atoms with Crippen LogP contribution >= 0.6 is 0 Å². The Morgan fingerprint density at radius 3 is 2.83 bits per heavy atom. The molecule has 0 spiro atoms. The normalized spacial score (nSPS) is 29.2. The van der Waals surface area contributed by atoms with E-state index in [9.17, 15) is 4.79 Å². The van der Waals surface area contributed by atoms with Gasteiger partial charge >= 0.3 is 0 Å². The van der Waals surface area contributed by atoms with Crippen LogP contribution in [0.4, 0.5) is 0 Å². The molecule has 0 saturated carbocycles. The summed E-state index contributed by atoms with van der Waals surface area (Å²) in [5.74, 6) is 0.815. The number of carbonyl (C=O) groups excluding carboxylic acids is 1. The molecule has 1 aliphatic rings. The maximum absolute atomic E-state index is 11.2. The predicted octanol–water partition coefficient (Wildman–Crippen LogP) is 1.95. The van der Waals surface area contributed by atoms with E-state index in [1.807, 2.05) is 0 Å². The molecule has 1 saturated heterocycles. The molecular weight excluding hydrogens is 150 g/mol. The van der Waals surface area contributed by atoms with Crippen LogP contribution in [-0.2, 0) is 4.79 Å². The zero-order chi connectivity index (χ0) is 9.19. The van der Waals surface area contributed by atoms with Crippen molar-refractivity contribution in [1.82, 2.24) is 5.32 Å². The summed E-state index contributed by atoms with van der Waals surface area (Å²) in [4.78, 5) is 11.2. The molecule has 1 fully saturated rings. The third-order valence-corrected chi connectivity index (χ3v) is 2.66. The summed E-state index contributed by atoms with van der Waals surface area (Å²) in [5.41, 5.74) is 0.285. The first kappa shape index (κ1) is 9.56. The van der Waals surface area contributed by atoms with E-state index < -0.39 is 0 Å². The van der Waals surface area contributed by atoms with E-state index in [1.54, 1.807) is 0 Å². The topological polar surface area (TPSA) is 29.1 Å². The predicted molar refractivity (Wildman–Crippen MR) is 49.8 cm³/mol. The molecule has 1 rings (SSSR count). The molecule has 0 aliphatic carbocycles. The summed E-state index contributed by atoms with van der Waals surface area (Å²) in [6.45, 7) is 7.45. The molecule has 1 amide bonds. The number of hydrogen-bond acceptors (Lipinski definition) is 1. The van der Waals surface area contributed by atoms with Crippen LogP contribution in [0.3, 0.4) is 0 Å². The molecule has 0 radical (unpaired) electrons. The van der Waals surface area contributed by atoms with E-state index >= 15 is 0 Å². The summed E-state index contributed by atoms with van der Waals surface area (Å²) in [7, 11) is 0. The number of carbonyl (C=O) groups is 1. The average Bonchev–Trinajstić information content (AvgIpc) is 2.10. The molecule has 0 aromatic rings. The summed E-state index contributed by atoms with van der Waals surface area (Å²) < 4.78 is 0. The fraction of sp³-hybridized carbons (Fsp3) is 0.900. The van der Waals surface area contributed by atoms with Gasteiger partial charge in [-0.15, -0.1) is 0 Å². The molecule has 1 atom stereocenters. The van der Waals surface area contributed by atoms with Gasteiger partial charge in [-0.05, 0) is 17.8 Å². The molecule has 70 valence electrons. The Hall–Kier alpha value is -0.530. The standard InChI is InChI=1S/C10H19NO/c1-4-8-5-9(12)11-7-10(2,3)6-8/h8H,4-7H2,1-3H3,(H,11,12). The second kappa shape index (κ2) is 3.46. The molecule has 2 heteroatoms. The first-order chi connectivity index (χ1) is 5.53. The average molecular weight is 169 g/mol. The third-order valence-electron chi connectivity index (χ3n) is 2.66. The Bertz CT molecular complexity index is 175. The second-order valence-electron chi connectivity index (χ2n) is 4.62. The zero-order valence-corrected chi connectivity index (χ0v) is 8.31. The lowest BCUT2D eigenvalue weighted by Gasteiger charge is -2.24. The SMILES string of the molecule is CCC1CC(=O)NCC(C)(C)C1. The van der Waals surface area contributed by atoms with E-state index in [-0.39, 0.29) is 11.3 Å². The van der Waals surface area contributed by atoms with Gasteiger partial charge in [-0.1, -0.05) is 27.2 Å². The van der Waals surface area contributed by atoms with E-state index in [0.29, 0.717) is 5.92 Å². The van der Waals surface area contributed by atoms with E-state index in [2.05, 4.69) is 26.1 Å². The molecule has 2 nitrogen and oxygen atoms in total. The lowest BCUT2D eigenvalue weighted by atomic mass is 9.82. The Labute approximate surface area is 74.7 Å². The van der Waals surface area contributed by atoms with Crippen LogP contribution in [0.15, 0.2) is 0 Å². The van der Waals surface area contributed by atoms with Gasteiger partial charge in [-0.3, -0.25) is 4.79 Å². The summed E-state index contributed by atoms with van der Waals surface area (Å²) >= 11 is 0. The summed E-state index contributed by atoms with van der Waals surface area (Å²) in [6.07, 6.45) is 3.01. The summed E-state index contributed by atoms with van der Waals surface area (Å²) in [6, 6.07) is 0. The third kappa shape index (κ3) is 2.50. The molecule has 0 aromatic carbocycles. The highest BCUT2D eigenvalue weighted by Crippen LogP contribution is 2.30. The molecule has 1 heterocycles. The van der Waals surface area contributed by atoms with Crippen LogP contribution in [0, 0.1) is 11.3 Å². The summed E-state index contributed by atoms with van der Waals surface area (Å²) in [5, 5.41) is 2.96. The van der Waals surface area contributed by atoms with Crippen LogP contribution in [0.1, 0.15) is 40.0 Å². The first-order valence-corrected chi connectivity index (χ1v) is 4.80. The van der Waals surface area contributed by atoms with E-state index in [1.165, 1.54) is 6.42 Å². The van der Waals surface area contributed by atoms with Crippen LogP contribution in [-0.4, -0.2) is 12.5 Å². The van der Waals surface area contributed by atoms with Gasteiger partial charge in [0.25, 0.3) is 0 Å². The van der Waals surface area contributed by atoms with Crippen molar-refractivity contribution in [2.24, 2.45) is 11.3 Å². The molecule has 12 heavy (non-hydrogen) atoms. The quantitative estimate of drug-likeness (QED) is 0.638. The van der Waals surface area contributed by atoms with Crippen molar-refractivity contribution in [3.05, 3.63) is 0 Å². The molecule has 1 unspecified atom stereocenters. The smallest absolute Gasteiger partial charge is 0.220 e. The van der Waals surface area contributed by atoms with E-state index in [4.69, 9.17) is 0 Å². The highest BCUT2D eigenvalue weighted by atomic mass is 16.1. The molecule has 1 N–H and O–H groups in total. The van der Waals surface area contributed by atoms with Crippen molar-refractivity contribution in [2.75, 3.05) is 6.54 Å². The van der Waals surface area contributed by atoms with Crippen LogP contribution in [0.25, 0.3) is 0 Å². The lowest BCUT2D eigenvalue weighted by molar-refractivity contribution is -0.121. The van der Waals surface area contributed by atoms with Crippen LogP contribution in [0.5, 0.6) is 0 Å². The monoisotopic (exact) mass is 169 g/mol. The Morgan fingerprint density at radius 2 is 2.25 bits per heavy atom. The van der Waals surface area contributed by atoms with Gasteiger partial charge in [0.2, 0.25) is 5.91 Å². The lowest BCUT2D eigenvalue weighted by Crippen LogP contribution is -2.30. The Morgan fingerprint density at radius 1 is 1.58 bits per heavy atom. The van der Waals surface area contributed by atoms with Crippen molar-refractivity contribution >= 4 is 5.91 Å². The Balaban J connectivity index is 2.62. The maximum atomic E-state index is 11.2. The minimum atomic E-state index is 0.229. The van der Waals surface area contributed by atoms with Gasteiger partial charge in [0.15, 0.2) is 0 Å². The minimum absolute atomic E-state index is 0.229. The van der Waals surface area contributed by atoms with Crippen molar-refractivity contribution in [3.8, 4) is 0 Å². The highest BCUT2D eigenvalue weighted by molar-refractivity contribution is 5.76. The molecular formula is C10H19NO. The molecule has 1 aliphatic heterocycles. The van der Waals surface area contributed by atoms with Gasteiger partial charge in [-0.2, -0.15) is 0 Å². The number of amides is 1. The fourth-order valence-electron chi connectivity index (χ4n) is 1.89.